The first-order chi connectivity index (χ1) is 6.55. The predicted octanol–water partition coefficient (Wildman–Crippen LogP) is 2.72. The molecule has 0 aromatic heterocycles. The molecule has 0 amide bonds. The molecule has 0 spiro atoms. The molecule has 1 atom stereocenters. The summed E-state index contributed by atoms with van der Waals surface area (Å²) in [6.45, 7) is 7.33. The Labute approximate surface area is 84.8 Å². The quantitative estimate of drug-likeness (QED) is 0.672. The van der Waals surface area contributed by atoms with Crippen molar-refractivity contribution in [1.29, 1.82) is 0 Å². The van der Waals surface area contributed by atoms with Crippen molar-refractivity contribution in [2.75, 3.05) is 6.61 Å². The number of hydrogen-bond donors (Lipinski definition) is 0. The molecule has 2 heteroatoms. The van der Waals surface area contributed by atoms with E-state index in [2.05, 4.69) is 32.9 Å². The van der Waals surface area contributed by atoms with Crippen molar-refractivity contribution in [3.63, 3.8) is 0 Å². The van der Waals surface area contributed by atoms with Gasteiger partial charge in [0.1, 0.15) is 12.4 Å². The van der Waals surface area contributed by atoms with Gasteiger partial charge in [-0.2, -0.15) is 0 Å². The Kier molecular flexibility index (Phi) is 2.23. The van der Waals surface area contributed by atoms with Crippen molar-refractivity contribution in [3.8, 4) is 5.75 Å². The van der Waals surface area contributed by atoms with E-state index in [-0.39, 0.29) is 11.7 Å². The number of ether oxygens (including phenoxy) is 2. The van der Waals surface area contributed by atoms with Crippen LogP contribution in [0.3, 0.4) is 0 Å². The second kappa shape index (κ2) is 3.28. The average molecular weight is 192 g/mol. The van der Waals surface area contributed by atoms with Gasteiger partial charge in [-0.25, -0.2) is 0 Å². The van der Waals surface area contributed by atoms with E-state index in [1.54, 1.807) is 0 Å². The van der Waals surface area contributed by atoms with Crippen LogP contribution in [-0.2, 0) is 10.2 Å². The van der Waals surface area contributed by atoms with E-state index in [4.69, 9.17) is 9.47 Å². The van der Waals surface area contributed by atoms with Gasteiger partial charge in [-0.1, -0.05) is 32.9 Å². The molecule has 0 radical (unpaired) electrons. The van der Waals surface area contributed by atoms with Crippen LogP contribution in [0.4, 0.5) is 0 Å². The number of rotatable bonds is 2. The SMILES string of the molecule is CC(C)(C)c1ccc(OC2CO2)cc1. The summed E-state index contributed by atoms with van der Waals surface area (Å²) in [6, 6.07) is 8.22. The maximum absolute atomic E-state index is 5.47. The van der Waals surface area contributed by atoms with Gasteiger partial charge in [-0.15, -0.1) is 0 Å². The third kappa shape index (κ3) is 2.26. The summed E-state index contributed by atoms with van der Waals surface area (Å²) in [5, 5.41) is 0. The minimum Gasteiger partial charge on any atom is -0.462 e. The first-order valence-corrected chi connectivity index (χ1v) is 4.94. The highest BCUT2D eigenvalue weighted by atomic mass is 16.8. The Morgan fingerprint density at radius 3 is 2.21 bits per heavy atom. The van der Waals surface area contributed by atoms with Gasteiger partial charge in [0.05, 0.1) is 0 Å². The third-order valence-corrected chi connectivity index (χ3v) is 2.29. The highest BCUT2D eigenvalue weighted by Crippen LogP contribution is 2.25. The Balaban J connectivity index is 2.08. The molecule has 1 saturated heterocycles. The summed E-state index contributed by atoms with van der Waals surface area (Å²) >= 11 is 0. The summed E-state index contributed by atoms with van der Waals surface area (Å²) in [5.41, 5.74) is 1.52. The average Bonchev–Trinajstić information content (AvgIpc) is 2.88. The van der Waals surface area contributed by atoms with E-state index < -0.39 is 0 Å². The zero-order valence-electron chi connectivity index (χ0n) is 8.91. The van der Waals surface area contributed by atoms with E-state index in [9.17, 15) is 0 Å². The van der Waals surface area contributed by atoms with Gasteiger partial charge < -0.3 is 9.47 Å². The van der Waals surface area contributed by atoms with Gasteiger partial charge >= 0.3 is 0 Å². The molecular formula is C12H16O2. The molecule has 1 unspecified atom stereocenters. The molecule has 1 aliphatic rings. The molecule has 0 N–H and O–H groups in total. The summed E-state index contributed by atoms with van der Waals surface area (Å²) in [7, 11) is 0. The van der Waals surface area contributed by atoms with Gasteiger partial charge in [-0.3, -0.25) is 0 Å². The van der Waals surface area contributed by atoms with Crippen LogP contribution >= 0.6 is 0 Å². The maximum atomic E-state index is 5.47. The van der Waals surface area contributed by atoms with Crippen LogP contribution in [0.1, 0.15) is 26.3 Å². The van der Waals surface area contributed by atoms with E-state index >= 15 is 0 Å². The second-order valence-electron chi connectivity index (χ2n) is 4.66. The Hall–Kier alpha value is -1.02. The van der Waals surface area contributed by atoms with Crippen LogP contribution in [0.5, 0.6) is 5.75 Å². The van der Waals surface area contributed by atoms with E-state index in [0.717, 1.165) is 12.4 Å². The van der Waals surface area contributed by atoms with Gasteiger partial charge in [0.15, 0.2) is 0 Å². The molecule has 1 fully saturated rings. The number of epoxide rings is 1. The number of benzene rings is 1. The van der Waals surface area contributed by atoms with Crippen LogP contribution in [0.25, 0.3) is 0 Å². The fraction of sp³-hybridized carbons (Fsp3) is 0.500. The van der Waals surface area contributed by atoms with E-state index in [1.807, 2.05) is 12.1 Å². The van der Waals surface area contributed by atoms with Crippen molar-refractivity contribution in [2.45, 2.75) is 32.5 Å². The molecule has 76 valence electrons. The second-order valence-corrected chi connectivity index (χ2v) is 4.66. The molecule has 1 aromatic carbocycles. The van der Waals surface area contributed by atoms with Crippen molar-refractivity contribution < 1.29 is 9.47 Å². The molecule has 1 aromatic rings. The lowest BCUT2D eigenvalue weighted by atomic mass is 9.87. The van der Waals surface area contributed by atoms with Crippen molar-refractivity contribution in [1.82, 2.24) is 0 Å². The molecule has 2 nitrogen and oxygen atoms in total. The predicted molar refractivity (Wildman–Crippen MR) is 55.5 cm³/mol. The molecule has 2 rings (SSSR count). The minimum atomic E-state index is -0.00418. The summed E-state index contributed by atoms with van der Waals surface area (Å²) in [4.78, 5) is 0. The molecule has 0 aliphatic carbocycles. The van der Waals surface area contributed by atoms with Gasteiger partial charge in [-0.05, 0) is 23.1 Å². The van der Waals surface area contributed by atoms with Crippen LogP contribution in [-0.4, -0.2) is 12.9 Å². The first kappa shape index (κ1) is 9.53. The smallest absolute Gasteiger partial charge is 0.223 e. The Morgan fingerprint density at radius 2 is 1.79 bits per heavy atom. The molecule has 14 heavy (non-hydrogen) atoms. The fourth-order valence-electron chi connectivity index (χ4n) is 1.29. The number of hydrogen-bond acceptors (Lipinski definition) is 2. The first-order valence-electron chi connectivity index (χ1n) is 4.94. The zero-order valence-corrected chi connectivity index (χ0v) is 8.91. The van der Waals surface area contributed by atoms with Gasteiger partial charge in [0, 0.05) is 0 Å². The standard InChI is InChI=1S/C12H16O2/c1-12(2,3)9-4-6-10(7-5-9)14-11-8-13-11/h4-7,11H,8H2,1-3H3. The van der Waals surface area contributed by atoms with Crippen LogP contribution < -0.4 is 4.74 Å². The summed E-state index contributed by atoms with van der Waals surface area (Å²) in [6.07, 6.45) is -0.00418. The van der Waals surface area contributed by atoms with E-state index in [1.165, 1.54) is 5.56 Å². The highest BCUT2D eigenvalue weighted by Gasteiger charge is 2.24. The van der Waals surface area contributed by atoms with Crippen molar-refractivity contribution >= 4 is 0 Å². The summed E-state index contributed by atoms with van der Waals surface area (Å²) < 4.78 is 10.5. The van der Waals surface area contributed by atoms with E-state index in [0.29, 0.717) is 0 Å². The highest BCUT2D eigenvalue weighted by molar-refractivity contribution is 5.31. The van der Waals surface area contributed by atoms with Crippen molar-refractivity contribution in [3.05, 3.63) is 29.8 Å². The molecule has 0 bridgehead atoms. The maximum Gasteiger partial charge on any atom is 0.223 e. The monoisotopic (exact) mass is 192 g/mol. The topological polar surface area (TPSA) is 21.8 Å². The van der Waals surface area contributed by atoms with Crippen LogP contribution in [0.15, 0.2) is 24.3 Å². The summed E-state index contributed by atoms with van der Waals surface area (Å²) in [5.74, 6) is 0.889. The molecule has 1 heterocycles. The largest absolute Gasteiger partial charge is 0.462 e. The lowest BCUT2D eigenvalue weighted by molar-refractivity contribution is 0.179. The Bertz CT molecular complexity index is 304. The molecular weight excluding hydrogens is 176 g/mol. The lowest BCUT2D eigenvalue weighted by Crippen LogP contribution is -2.10. The Morgan fingerprint density at radius 1 is 1.21 bits per heavy atom. The fourth-order valence-corrected chi connectivity index (χ4v) is 1.29. The molecule has 0 saturated carbocycles. The minimum absolute atomic E-state index is 0.00418. The van der Waals surface area contributed by atoms with Crippen LogP contribution in [0.2, 0.25) is 0 Å². The van der Waals surface area contributed by atoms with Crippen LogP contribution in [0, 0.1) is 0 Å². The van der Waals surface area contributed by atoms with Crippen molar-refractivity contribution in [2.24, 2.45) is 0 Å². The van der Waals surface area contributed by atoms with Gasteiger partial charge in [0.2, 0.25) is 6.29 Å². The molecule has 1 aliphatic heterocycles. The normalized spacial score (nSPS) is 20.6. The third-order valence-electron chi connectivity index (χ3n) is 2.29. The zero-order chi connectivity index (χ0) is 10.2. The van der Waals surface area contributed by atoms with Gasteiger partial charge in [0.25, 0.3) is 0 Å². The lowest BCUT2D eigenvalue weighted by Gasteiger charge is -2.18.